The molecule has 3 nitrogen and oxygen atoms in total. The van der Waals surface area contributed by atoms with Gasteiger partial charge in [-0.15, -0.1) is 0 Å². The molecule has 1 aliphatic heterocycles. The lowest BCUT2D eigenvalue weighted by Crippen LogP contribution is -2.29. The molecule has 1 aromatic carbocycles. The van der Waals surface area contributed by atoms with Crippen LogP contribution in [0, 0.1) is 5.82 Å². The van der Waals surface area contributed by atoms with Gasteiger partial charge in [-0.05, 0) is 31.2 Å². The Morgan fingerprint density at radius 3 is 2.83 bits per heavy atom. The van der Waals surface area contributed by atoms with E-state index in [-0.39, 0.29) is 12.1 Å². The van der Waals surface area contributed by atoms with Crippen LogP contribution in [0.2, 0.25) is 0 Å². The molecule has 2 rings (SSSR count). The molecule has 0 unspecified atom stereocenters. The van der Waals surface area contributed by atoms with Gasteiger partial charge in [0.1, 0.15) is 5.82 Å². The maximum atomic E-state index is 13.0. The smallest absolute Gasteiger partial charge is 0.158 e. The molecule has 1 fully saturated rings. The molecule has 0 spiro atoms. The molecule has 1 aromatic rings. The second kappa shape index (κ2) is 6.83. The molecule has 0 N–H and O–H groups in total. The van der Waals surface area contributed by atoms with Crippen molar-refractivity contribution in [2.75, 3.05) is 26.8 Å². The zero-order valence-electron chi connectivity index (χ0n) is 10.8. The monoisotopic (exact) mass is 253 g/mol. The first-order valence-corrected chi connectivity index (χ1v) is 6.40. The van der Waals surface area contributed by atoms with Crippen LogP contribution in [0.3, 0.4) is 0 Å². The van der Waals surface area contributed by atoms with Gasteiger partial charge in [0.2, 0.25) is 0 Å². The Morgan fingerprint density at radius 1 is 1.33 bits per heavy atom. The first-order valence-electron chi connectivity index (χ1n) is 6.40. The van der Waals surface area contributed by atoms with E-state index in [2.05, 4.69) is 4.90 Å². The third kappa shape index (κ3) is 4.37. The highest BCUT2D eigenvalue weighted by Gasteiger charge is 2.14. The van der Waals surface area contributed by atoms with E-state index < -0.39 is 0 Å². The average molecular weight is 253 g/mol. The van der Waals surface area contributed by atoms with Crippen LogP contribution in [0.4, 0.5) is 4.39 Å². The van der Waals surface area contributed by atoms with Gasteiger partial charge < -0.3 is 14.4 Å². The van der Waals surface area contributed by atoms with Crippen LogP contribution < -0.4 is 0 Å². The van der Waals surface area contributed by atoms with E-state index in [0.29, 0.717) is 0 Å². The molecule has 0 amide bonds. The number of halogens is 1. The molecule has 1 aliphatic rings. The van der Waals surface area contributed by atoms with Crippen molar-refractivity contribution in [3.8, 4) is 0 Å². The lowest BCUT2D eigenvalue weighted by Gasteiger charge is -2.25. The zero-order valence-corrected chi connectivity index (χ0v) is 10.8. The Kier molecular flexibility index (Phi) is 5.11. The van der Waals surface area contributed by atoms with Gasteiger partial charge >= 0.3 is 0 Å². The molecular formula is C14H20FNO2. The lowest BCUT2D eigenvalue weighted by molar-refractivity contribution is -0.182. The Hall–Kier alpha value is -0.970. The molecule has 0 radical (unpaired) electrons. The van der Waals surface area contributed by atoms with E-state index in [0.717, 1.165) is 44.7 Å². The standard InChI is InChI=1S/C14H20FNO2/c1-16(7-6-14-17-8-3-9-18-14)11-12-4-2-5-13(15)10-12/h2,4-5,10,14H,3,6-9,11H2,1H3. The number of benzene rings is 1. The second-order valence-corrected chi connectivity index (χ2v) is 4.68. The van der Waals surface area contributed by atoms with Crippen molar-refractivity contribution in [2.45, 2.75) is 25.7 Å². The Labute approximate surface area is 107 Å². The zero-order chi connectivity index (χ0) is 12.8. The summed E-state index contributed by atoms with van der Waals surface area (Å²) in [4.78, 5) is 2.15. The average Bonchev–Trinajstić information content (AvgIpc) is 2.38. The third-order valence-electron chi connectivity index (χ3n) is 2.98. The minimum atomic E-state index is -0.181. The summed E-state index contributed by atoms with van der Waals surface area (Å²) in [6, 6.07) is 6.72. The molecule has 1 saturated heterocycles. The maximum absolute atomic E-state index is 13.0. The van der Waals surface area contributed by atoms with Crippen molar-refractivity contribution in [2.24, 2.45) is 0 Å². The predicted octanol–water partition coefficient (Wildman–Crippen LogP) is 2.41. The minimum absolute atomic E-state index is 0.0753. The van der Waals surface area contributed by atoms with E-state index in [1.165, 1.54) is 6.07 Å². The fraction of sp³-hybridized carbons (Fsp3) is 0.571. The molecular weight excluding hydrogens is 233 g/mol. The molecule has 0 aromatic heterocycles. The summed E-state index contributed by atoms with van der Waals surface area (Å²) in [7, 11) is 2.02. The highest BCUT2D eigenvalue weighted by atomic mass is 19.1. The molecule has 1 heterocycles. The number of ether oxygens (including phenoxy) is 2. The van der Waals surface area contributed by atoms with E-state index in [9.17, 15) is 4.39 Å². The lowest BCUT2D eigenvalue weighted by atomic mass is 10.2. The van der Waals surface area contributed by atoms with Crippen LogP contribution in [0.5, 0.6) is 0 Å². The first-order chi connectivity index (χ1) is 8.74. The van der Waals surface area contributed by atoms with E-state index in [1.807, 2.05) is 13.1 Å². The molecule has 0 saturated carbocycles. The number of nitrogens with zero attached hydrogens (tertiary/aromatic N) is 1. The van der Waals surface area contributed by atoms with E-state index in [4.69, 9.17) is 9.47 Å². The summed E-state index contributed by atoms with van der Waals surface area (Å²) >= 11 is 0. The van der Waals surface area contributed by atoms with Gasteiger partial charge in [0.05, 0.1) is 13.2 Å². The van der Waals surface area contributed by atoms with Crippen LogP contribution in [-0.2, 0) is 16.0 Å². The summed E-state index contributed by atoms with van der Waals surface area (Å²) in [5.74, 6) is -0.181. The quantitative estimate of drug-likeness (QED) is 0.804. The van der Waals surface area contributed by atoms with Gasteiger partial charge in [0.15, 0.2) is 6.29 Å². The summed E-state index contributed by atoms with van der Waals surface area (Å²) in [6.45, 7) is 3.20. The predicted molar refractivity (Wildman–Crippen MR) is 67.7 cm³/mol. The fourth-order valence-electron chi connectivity index (χ4n) is 2.06. The number of hydrogen-bond donors (Lipinski definition) is 0. The second-order valence-electron chi connectivity index (χ2n) is 4.68. The molecule has 100 valence electrons. The Balaban J connectivity index is 1.72. The van der Waals surface area contributed by atoms with Gasteiger partial charge in [-0.3, -0.25) is 0 Å². The van der Waals surface area contributed by atoms with Gasteiger partial charge in [-0.2, -0.15) is 0 Å². The normalized spacial score (nSPS) is 17.3. The van der Waals surface area contributed by atoms with Gasteiger partial charge in [0.25, 0.3) is 0 Å². The SMILES string of the molecule is CN(CCC1OCCCO1)Cc1cccc(F)c1. The summed E-state index contributed by atoms with van der Waals surface area (Å²) in [5.41, 5.74) is 0.989. The minimum Gasteiger partial charge on any atom is -0.353 e. The molecule has 0 aliphatic carbocycles. The van der Waals surface area contributed by atoms with Crippen LogP contribution >= 0.6 is 0 Å². The van der Waals surface area contributed by atoms with Crippen LogP contribution in [0.1, 0.15) is 18.4 Å². The summed E-state index contributed by atoms with van der Waals surface area (Å²) < 4.78 is 24.0. The van der Waals surface area contributed by atoms with Gasteiger partial charge in [0, 0.05) is 19.5 Å². The molecule has 4 heteroatoms. The molecule has 0 bridgehead atoms. The highest BCUT2D eigenvalue weighted by molar-refractivity contribution is 5.15. The third-order valence-corrected chi connectivity index (χ3v) is 2.98. The van der Waals surface area contributed by atoms with Gasteiger partial charge in [-0.1, -0.05) is 12.1 Å². The van der Waals surface area contributed by atoms with Crippen molar-refractivity contribution >= 4 is 0 Å². The van der Waals surface area contributed by atoms with Crippen molar-refractivity contribution < 1.29 is 13.9 Å². The van der Waals surface area contributed by atoms with Gasteiger partial charge in [-0.25, -0.2) is 4.39 Å². The van der Waals surface area contributed by atoms with Crippen molar-refractivity contribution in [3.05, 3.63) is 35.6 Å². The van der Waals surface area contributed by atoms with Crippen LogP contribution in [0.15, 0.2) is 24.3 Å². The van der Waals surface area contributed by atoms with E-state index in [1.54, 1.807) is 12.1 Å². The largest absolute Gasteiger partial charge is 0.353 e. The molecule has 0 atom stereocenters. The van der Waals surface area contributed by atoms with Crippen LogP contribution in [0.25, 0.3) is 0 Å². The maximum Gasteiger partial charge on any atom is 0.158 e. The molecule has 18 heavy (non-hydrogen) atoms. The first kappa shape index (κ1) is 13.5. The van der Waals surface area contributed by atoms with Crippen molar-refractivity contribution in [3.63, 3.8) is 0 Å². The summed E-state index contributed by atoms with van der Waals surface area (Å²) in [6.07, 6.45) is 1.76. The Bertz CT molecular complexity index is 367. The fourth-order valence-corrected chi connectivity index (χ4v) is 2.06. The number of hydrogen-bond acceptors (Lipinski definition) is 3. The highest BCUT2D eigenvalue weighted by Crippen LogP contribution is 2.11. The summed E-state index contributed by atoms with van der Waals surface area (Å²) in [5, 5.41) is 0. The topological polar surface area (TPSA) is 21.7 Å². The van der Waals surface area contributed by atoms with Crippen LogP contribution in [-0.4, -0.2) is 38.0 Å². The van der Waals surface area contributed by atoms with Crippen molar-refractivity contribution in [1.29, 1.82) is 0 Å². The Morgan fingerprint density at radius 2 is 2.11 bits per heavy atom. The number of rotatable bonds is 5. The van der Waals surface area contributed by atoms with E-state index >= 15 is 0 Å². The van der Waals surface area contributed by atoms with Crippen molar-refractivity contribution in [1.82, 2.24) is 4.90 Å².